The molecule has 0 aliphatic rings. The first kappa shape index (κ1) is 17.0. The van der Waals surface area contributed by atoms with Gasteiger partial charge in [0.1, 0.15) is 11.6 Å². The van der Waals surface area contributed by atoms with Crippen molar-refractivity contribution in [2.75, 3.05) is 13.2 Å². The van der Waals surface area contributed by atoms with Gasteiger partial charge in [0.05, 0.1) is 6.61 Å². The van der Waals surface area contributed by atoms with Crippen LogP contribution in [0.15, 0.2) is 18.2 Å². The van der Waals surface area contributed by atoms with Crippen LogP contribution in [0.1, 0.15) is 52.0 Å². The van der Waals surface area contributed by atoms with Crippen LogP contribution in [0.2, 0.25) is 0 Å². The van der Waals surface area contributed by atoms with Crippen molar-refractivity contribution in [1.82, 2.24) is 5.32 Å². The predicted octanol–water partition coefficient (Wildman–Crippen LogP) is 4.53. The van der Waals surface area contributed by atoms with E-state index >= 15 is 0 Å². The molecule has 0 fully saturated rings. The lowest BCUT2D eigenvalue weighted by Crippen LogP contribution is -2.13. The van der Waals surface area contributed by atoms with Crippen LogP contribution in [0.25, 0.3) is 0 Å². The third-order valence-electron chi connectivity index (χ3n) is 3.54. The molecule has 0 aromatic heterocycles. The summed E-state index contributed by atoms with van der Waals surface area (Å²) in [4.78, 5) is 0. The lowest BCUT2D eigenvalue weighted by molar-refractivity contribution is 0.232. The van der Waals surface area contributed by atoms with E-state index < -0.39 is 0 Å². The minimum atomic E-state index is -0.225. The zero-order valence-corrected chi connectivity index (χ0v) is 13.0. The topological polar surface area (TPSA) is 21.3 Å². The van der Waals surface area contributed by atoms with Gasteiger partial charge >= 0.3 is 0 Å². The molecule has 0 amide bonds. The van der Waals surface area contributed by atoms with E-state index in [0.717, 1.165) is 18.5 Å². The fourth-order valence-electron chi connectivity index (χ4n) is 2.19. The highest BCUT2D eigenvalue weighted by Gasteiger charge is 2.08. The van der Waals surface area contributed by atoms with Crippen LogP contribution in [0.3, 0.4) is 0 Å². The van der Waals surface area contributed by atoms with E-state index in [1.54, 1.807) is 6.07 Å². The second-order valence-electron chi connectivity index (χ2n) is 5.30. The molecule has 1 rings (SSSR count). The number of halogens is 1. The molecule has 1 aromatic rings. The molecule has 1 atom stereocenters. The molecule has 3 heteroatoms. The lowest BCUT2D eigenvalue weighted by Gasteiger charge is -2.16. The van der Waals surface area contributed by atoms with Crippen molar-refractivity contribution >= 4 is 0 Å². The fourth-order valence-corrected chi connectivity index (χ4v) is 2.19. The first-order valence-electron chi connectivity index (χ1n) is 7.82. The number of benzene rings is 1. The highest BCUT2D eigenvalue weighted by Crippen LogP contribution is 2.19. The summed E-state index contributed by atoms with van der Waals surface area (Å²) in [5.74, 6) is 0.986. The van der Waals surface area contributed by atoms with Crippen LogP contribution in [0, 0.1) is 11.7 Å². The molecular weight excluding hydrogens is 253 g/mol. The van der Waals surface area contributed by atoms with Gasteiger partial charge in [-0.1, -0.05) is 40.0 Å². The SMILES string of the molecule is CCCCC(CC)COc1cc(F)cc(CNCC)c1. The molecule has 0 spiro atoms. The number of unbranched alkanes of at least 4 members (excludes halogenated alkanes) is 1. The Labute approximate surface area is 122 Å². The largest absolute Gasteiger partial charge is 0.493 e. The molecule has 0 bridgehead atoms. The maximum atomic E-state index is 13.6. The Hall–Kier alpha value is -1.09. The normalized spacial score (nSPS) is 12.4. The second-order valence-corrected chi connectivity index (χ2v) is 5.30. The monoisotopic (exact) mass is 281 g/mol. The first-order valence-corrected chi connectivity index (χ1v) is 7.82. The van der Waals surface area contributed by atoms with Gasteiger partial charge in [0.25, 0.3) is 0 Å². The third kappa shape index (κ3) is 6.38. The summed E-state index contributed by atoms with van der Waals surface area (Å²) in [6.07, 6.45) is 4.74. The van der Waals surface area contributed by atoms with E-state index in [1.807, 2.05) is 13.0 Å². The van der Waals surface area contributed by atoms with Gasteiger partial charge in [-0.05, 0) is 36.6 Å². The maximum absolute atomic E-state index is 13.6. The van der Waals surface area contributed by atoms with Crippen LogP contribution in [0.4, 0.5) is 4.39 Å². The summed E-state index contributed by atoms with van der Waals surface area (Å²) in [5.41, 5.74) is 0.934. The Bertz CT molecular complexity index is 381. The van der Waals surface area contributed by atoms with Crippen molar-refractivity contribution in [3.05, 3.63) is 29.6 Å². The molecule has 0 radical (unpaired) electrons. The van der Waals surface area contributed by atoms with Crippen molar-refractivity contribution in [3.63, 3.8) is 0 Å². The number of nitrogens with one attached hydrogen (secondary N) is 1. The van der Waals surface area contributed by atoms with Crippen molar-refractivity contribution in [1.29, 1.82) is 0 Å². The summed E-state index contributed by atoms with van der Waals surface area (Å²) < 4.78 is 19.3. The highest BCUT2D eigenvalue weighted by atomic mass is 19.1. The summed E-state index contributed by atoms with van der Waals surface area (Å²) in [6, 6.07) is 4.96. The van der Waals surface area contributed by atoms with Crippen molar-refractivity contribution in [2.45, 2.75) is 53.0 Å². The van der Waals surface area contributed by atoms with Gasteiger partial charge in [-0.25, -0.2) is 4.39 Å². The molecule has 0 saturated carbocycles. The van der Waals surface area contributed by atoms with Gasteiger partial charge in [-0.2, -0.15) is 0 Å². The zero-order chi connectivity index (χ0) is 14.8. The number of ether oxygens (including phenoxy) is 1. The van der Waals surface area contributed by atoms with E-state index in [1.165, 1.54) is 25.3 Å². The molecule has 2 nitrogen and oxygen atoms in total. The smallest absolute Gasteiger partial charge is 0.127 e. The van der Waals surface area contributed by atoms with Crippen LogP contribution in [-0.4, -0.2) is 13.2 Å². The molecule has 0 heterocycles. The Balaban J connectivity index is 2.55. The second kappa shape index (κ2) is 9.76. The standard InChI is InChI=1S/C17H28FNO/c1-4-7-8-14(5-2)13-20-17-10-15(12-19-6-3)9-16(18)11-17/h9-11,14,19H,4-8,12-13H2,1-3H3. The van der Waals surface area contributed by atoms with Crippen molar-refractivity contribution in [2.24, 2.45) is 5.92 Å². The van der Waals surface area contributed by atoms with E-state index in [9.17, 15) is 4.39 Å². The van der Waals surface area contributed by atoms with Crippen LogP contribution >= 0.6 is 0 Å². The number of rotatable bonds is 10. The first-order chi connectivity index (χ1) is 9.69. The average Bonchev–Trinajstić information content (AvgIpc) is 2.45. The van der Waals surface area contributed by atoms with Gasteiger partial charge < -0.3 is 10.1 Å². The van der Waals surface area contributed by atoms with Crippen LogP contribution in [0.5, 0.6) is 5.75 Å². The van der Waals surface area contributed by atoms with Gasteiger partial charge in [0.2, 0.25) is 0 Å². The molecule has 0 aliphatic carbocycles. The summed E-state index contributed by atoms with van der Waals surface area (Å²) in [7, 11) is 0. The summed E-state index contributed by atoms with van der Waals surface area (Å²) >= 11 is 0. The van der Waals surface area contributed by atoms with E-state index in [0.29, 0.717) is 24.8 Å². The van der Waals surface area contributed by atoms with Gasteiger partial charge in [0, 0.05) is 12.6 Å². The Morgan fingerprint density at radius 2 is 2.00 bits per heavy atom. The van der Waals surface area contributed by atoms with Gasteiger partial charge in [-0.15, -0.1) is 0 Å². The quantitative estimate of drug-likeness (QED) is 0.680. The molecule has 1 unspecified atom stereocenters. The van der Waals surface area contributed by atoms with E-state index in [2.05, 4.69) is 19.2 Å². The van der Waals surface area contributed by atoms with Crippen LogP contribution in [-0.2, 0) is 6.54 Å². The molecule has 114 valence electrons. The molecule has 1 N–H and O–H groups in total. The van der Waals surface area contributed by atoms with Gasteiger partial charge in [-0.3, -0.25) is 0 Å². The molecular formula is C17H28FNO. The molecule has 0 aliphatic heterocycles. The fraction of sp³-hybridized carbons (Fsp3) is 0.647. The average molecular weight is 281 g/mol. The zero-order valence-electron chi connectivity index (χ0n) is 13.0. The minimum Gasteiger partial charge on any atom is -0.493 e. The highest BCUT2D eigenvalue weighted by molar-refractivity contribution is 5.29. The Kier molecular flexibility index (Phi) is 8.28. The predicted molar refractivity (Wildman–Crippen MR) is 82.6 cm³/mol. The maximum Gasteiger partial charge on any atom is 0.127 e. The summed E-state index contributed by atoms with van der Waals surface area (Å²) in [5, 5.41) is 3.20. The Morgan fingerprint density at radius 3 is 2.65 bits per heavy atom. The minimum absolute atomic E-state index is 0.225. The van der Waals surface area contributed by atoms with E-state index in [4.69, 9.17) is 4.74 Å². The number of hydrogen-bond donors (Lipinski definition) is 1. The molecule has 0 saturated heterocycles. The van der Waals surface area contributed by atoms with Crippen molar-refractivity contribution in [3.8, 4) is 5.75 Å². The number of hydrogen-bond acceptors (Lipinski definition) is 2. The third-order valence-corrected chi connectivity index (χ3v) is 3.54. The molecule has 20 heavy (non-hydrogen) atoms. The van der Waals surface area contributed by atoms with Gasteiger partial charge in [0.15, 0.2) is 0 Å². The van der Waals surface area contributed by atoms with E-state index in [-0.39, 0.29) is 5.82 Å². The molecule has 1 aromatic carbocycles. The summed E-state index contributed by atoms with van der Waals surface area (Å²) in [6.45, 7) is 8.66. The lowest BCUT2D eigenvalue weighted by atomic mass is 10.0. The Morgan fingerprint density at radius 1 is 1.20 bits per heavy atom. The van der Waals surface area contributed by atoms with Crippen LogP contribution < -0.4 is 10.1 Å². The van der Waals surface area contributed by atoms with Crippen molar-refractivity contribution < 1.29 is 9.13 Å².